The summed E-state index contributed by atoms with van der Waals surface area (Å²) < 4.78 is 1.02. The second-order valence-electron chi connectivity index (χ2n) is 7.98. The van der Waals surface area contributed by atoms with Gasteiger partial charge in [-0.2, -0.15) is 0 Å². The molecule has 4 rings (SSSR count). The van der Waals surface area contributed by atoms with E-state index in [1.54, 1.807) is 0 Å². The van der Waals surface area contributed by atoms with Gasteiger partial charge in [-0.05, 0) is 55.2 Å². The summed E-state index contributed by atoms with van der Waals surface area (Å²) >= 11 is 7.97. The van der Waals surface area contributed by atoms with E-state index in [1.807, 2.05) is 35.2 Å². The van der Waals surface area contributed by atoms with Crippen molar-refractivity contribution in [2.45, 2.75) is 40.0 Å². The summed E-state index contributed by atoms with van der Waals surface area (Å²) in [5, 5.41) is 2.33. The van der Waals surface area contributed by atoms with Crippen molar-refractivity contribution in [2.75, 3.05) is 11.4 Å². The van der Waals surface area contributed by atoms with E-state index in [-0.39, 0.29) is 5.91 Å². The number of benzene rings is 2. The van der Waals surface area contributed by atoms with Gasteiger partial charge in [-0.15, -0.1) is 11.3 Å². The number of halogens is 1. The fourth-order valence-electron chi connectivity index (χ4n) is 3.69. The van der Waals surface area contributed by atoms with Crippen molar-refractivity contribution in [1.29, 1.82) is 0 Å². The molecule has 0 bridgehead atoms. The molecule has 3 nitrogen and oxygen atoms in total. The van der Waals surface area contributed by atoms with E-state index in [1.165, 1.54) is 16.9 Å². The maximum absolute atomic E-state index is 13.5. The molecule has 0 atom stereocenters. The van der Waals surface area contributed by atoms with Gasteiger partial charge >= 0.3 is 0 Å². The highest BCUT2D eigenvalue weighted by Crippen LogP contribution is 2.37. The first-order valence-corrected chi connectivity index (χ1v) is 11.5. The standard InChI is InChI=1S/C25H25ClN2OS/c1-5-12-28(18-9-7-17(8-10-18)15(2)3)25(29)22-14-20-23(30-22)19-13-16(4)6-11-21(19)27-24(20)26/h6-11,13-15H,5,12H2,1-4H3. The highest BCUT2D eigenvalue weighted by molar-refractivity contribution is 7.22. The van der Waals surface area contributed by atoms with Crippen LogP contribution in [-0.4, -0.2) is 17.4 Å². The third kappa shape index (κ3) is 3.82. The lowest BCUT2D eigenvalue weighted by atomic mass is 10.0. The number of fused-ring (bicyclic) bond motifs is 3. The van der Waals surface area contributed by atoms with Gasteiger partial charge in [0.05, 0.1) is 10.4 Å². The number of aromatic nitrogens is 1. The molecule has 5 heteroatoms. The summed E-state index contributed by atoms with van der Waals surface area (Å²) in [7, 11) is 0. The van der Waals surface area contributed by atoms with E-state index in [2.05, 4.69) is 50.9 Å². The number of anilines is 1. The number of hydrogen-bond donors (Lipinski definition) is 0. The van der Waals surface area contributed by atoms with Crippen molar-refractivity contribution in [3.05, 3.63) is 69.7 Å². The van der Waals surface area contributed by atoms with Crippen molar-refractivity contribution in [3.63, 3.8) is 0 Å². The molecule has 2 aromatic carbocycles. The molecule has 2 aromatic heterocycles. The van der Waals surface area contributed by atoms with Crippen molar-refractivity contribution in [3.8, 4) is 0 Å². The topological polar surface area (TPSA) is 33.2 Å². The molecule has 154 valence electrons. The molecule has 0 aliphatic rings. The number of rotatable bonds is 5. The number of thiophene rings is 1. The monoisotopic (exact) mass is 436 g/mol. The third-order valence-corrected chi connectivity index (χ3v) is 6.79. The Balaban J connectivity index is 1.79. The lowest BCUT2D eigenvalue weighted by molar-refractivity contribution is 0.0991. The molecule has 0 unspecified atom stereocenters. The highest BCUT2D eigenvalue weighted by Gasteiger charge is 2.21. The Labute approximate surface area is 186 Å². The number of hydrogen-bond acceptors (Lipinski definition) is 3. The Morgan fingerprint density at radius 3 is 2.50 bits per heavy atom. The van der Waals surface area contributed by atoms with Crippen molar-refractivity contribution >= 4 is 55.5 Å². The van der Waals surface area contributed by atoms with E-state index in [4.69, 9.17) is 11.6 Å². The summed E-state index contributed by atoms with van der Waals surface area (Å²) in [6.45, 7) is 9.16. The maximum atomic E-state index is 13.5. The van der Waals surface area contributed by atoms with Gasteiger partial charge in [0.15, 0.2) is 0 Å². The highest BCUT2D eigenvalue weighted by atomic mass is 35.5. The van der Waals surface area contributed by atoms with E-state index in [9.17, 15) is 4.79 Å². The van der Waals surface area contributed by atoms with Crippen LogP contribution in [-0.2, 0) is 0 Å². The van der Waals surface area contributed by atoms with Gasteiger partial charge in [-0.3, -0.25) is 4.79 Å². The average Bonchev–Trinajstić information content (AvgIpc) is 3.19. The molecule has 1 amide bonds. The fraction of sp³-hybridized carbons (Fsp3) is 0.280. The summed E-state index contributed by atoms with van der Waals surface area (Å²) in [4.78, 5) is 20.6. The minimum absolute atomic E-state index is 0.00668. The lowest BCUT2D eigenvalue weighted by Crippen LogP contribution is -2.31. The normalized spacial score (nSPS) is 11.5. The minimum Gasteiger partial charge on any atom is -0.308 e. The number of nitrogens with zero attached hydrogens (tertiary/aromatic N) is 2. The zero-order valence-electron chi connectivity index (χ0n) is 17.7. The Morgan fingerprint density at radius 2 is 1.83 bits per heavy atom. The number of amides is 1. The van der Waals surface area contributed by atoms with Crippen LogP contribution in [0.3, 0.4) is 0 Å². The van der Waals surface area contributed by atoms with Gasteiger partial charge in [0.2, 0.25) is 0 Å². The van der Waals surface area contributed by atoms with Crippen LogP contribution in [0.2, 0.25) is 5.15 Å². The lowest BCUT2D eigenvalue weighted by Gasteiger charge is -2.22. The van der Waals surface area contributed by atoms with Crippen molar-refractivity contribution in [1.82, 2.24) is 4.98 Å². The molecule has 2 heterocycles. The average molecular weight is 437 g/mol. The number of carbonyl (C=O) groups excluding carboxylic acids is 1. The molecule has 0 saturated heterocycles. The SMILES string of the molecule is CCCN(C(=O)c1cc2c(Cl)nc3ccc(C)cc3c2s1)c1ccc(C(C)C)cc1. The fourth-order valence-corrected chi connectivity index (χ4v) is 5.12. The van der Waals surface area contributed by atoms with Gasteiger partial charge in [0, 0.05) is 27.7 Å². The van der Waals surface area contributed by atoms with Crippen molar-refractivity contribution in [2.24, 2.45) is 0 Å². The largest absolute Gasteiger partial charge is 0.308 e. The van der Waals surface area contributed by atoms with Gasteiger partial charge in [0.25, 0.3) is 5.91 Å². The summed E-state index contributed by atoms with van der Waals surface area (Å²) in [6, 6.07) is 16.3. The van der Waals surface area contributed by atoms with Crippen LogP contribution in [0.1, 0.15) is 53.9 Å². The molecule has 0 aliphatic heterocycles. The molecular weight excluding hydrogens is 412 g/mol. The Kier molecular flexibility index (Phi) is 5.81. The van der Waals surface area contributed by atoms with Gasteiger partial charge in [-0.25, -0.2) is 4.98 Å². The summed E-state index contributed by atoms with van der Waals surface area (Å²) in [5.41, 5.74) is 4.21. The molecule has 0 N–H and O–H groups in total. The van der Waals surface area contributed by atoms with Gasteiger partial charge < -0.3 is 4.90 Å². The maximum Gasteiger partial charge on any atom is 0.268 e. The first kappa shape index (κ1) is 20.8. The quantitative estimate of drug-likeness (QED) is 0.302. The summed E-state index contributed by atoms with van der Waals surface area (Å²) in [6.07, 6.45) is 0.882. The van der Waals surface area contributed by atoms with Gasteiger partial charge in [0.1, 0.15) is 5.15 Å². The van der Waals surface area contributed by atoms with Crippen LogP contribution in [0, 0.1) is 6.92 Å². The third-order valence-electron chi connectivity index (χ3n) is 5.34. The molecule has 30 heavy (non-hydrogen) atoms. The van der Waals surface area contributed by atoms with Crippen LogP contribution in [0.4, 0.5) is 5.69 Å². The minimum atomic E-state index is 0.00668. The zero-order valence-corrected chi connectivity index (χ0v) is 19.3. The first-order chi connectivity index (χ1) is 14.4. The molecule has 0 aliphatic carbocycles. The van der Waals surface area contributed by atoms with Crippen molar-refractivity contribution < 1.29 is 4.79 Å². The molecule has 0 radical (unpaired) electrons. The second kappa shape index (κ2) is 8.37. The van der Waals surface area contributed by atoms with Crippen LogP contribution in [0.15, 0.2) is 48.5 Å². The summed E-state index contributed by atoms with van der Waals surface area (Å²) in [5.74, 6) is 0.468. The molecule has 0 fully saturated rings. The Morgan fingerprint density at radius 1 is 1.10 bits per heavy atom. The van der Waals surface area contributed by atoms with E-state index >= 15 is 0 Å². The van der Waals surface area contributed by atoms with Crippen LogP contribution in [0.5, 0.6) is 0 Å². The van der Waals surface area contributed by atoms with E-state index in [0.29, 0.717) is 22.5 Å². The van der Waals surface area contributed by atoms with Crippen LogP contribution >= 0.6 is 22.9 Å². The number of pyridine rings is 1. The van der Waals surface area contributed by atoms with Crippen LogP contribution < -0.4 is 4.90 Å². The Hall–Kier alpha value is -2.43. The van der Waals surface area contributed by atoms with Gasteiger partial charge in [-0.1, -0.05) is 56.1 Å². The molecule has 0 saturated carbocycles. The molecule has 0 spiro atoms. The second-order valence-corrected chi connectivity index (χ2v) is 9.39. The Bertz CT molecular complexity index is 1230. The predicted octanol–water partition coefficient (Wildman–Crippen LogP) is 7.59. The predicted molar refractivity (Wildman–Crippen MR) is 129 cm³/mol. The first-order valence-electron chi connectivity index (χ1n) is 10.3. The number of carbonyl (C=O) groups is 1. The van der Waals surface area contributed by atoms with E-state index < -0.39 is 0 Å². The van der Waals surface area contributed by atoms with E-state index in [0.717, 1.165) is 38.7 Å². The molecular formula is C25H25ClN2OS. The zero-order chi connectivity index (χ0) is 21.4. The number of aryl methyl sites for hydroxylation is 1. The molecule has 4 aromatic rings. The van der Waals surface area contributed by atoms with Crippen LogP contribution in [0.25, 0.3) is 21.0 Å². The smallest absolute Gasteiger partial charge is 0.268 e.